The molecule has 1 aromatic carbocycles. The molecule has 1 aromatic heterocycles. The first kappa shape index (κ1) is 14.4. The molecule has 0 saturated carbocycles. The van der Waals surface area contributed by atoms with Gasteiger partial charge in [-0.05, 0) is 26.5 Å². The molecule has 2 rings (SSSR count). The van der Waals surface area contributed by atoms with E-state index in [0.29, 0.717) is 5.56 Å². The lowest BCUT2D eigenvalue weighted by molar-refractivity contribution is 0.557. The molecule has 2 aromatic rings. The average Bonchev–Trinajstić information content (AvgIpc) is 2.70. The highest BCUT2D eigenvalue weighted by atomic mass is 35.5. The van der Waals surface area contributed by atoms with Crippen LogP contribution in [0.1, 0.15) is 34.1 Å². The summed E-state index contributed by atoms with van der Waals surface area (Å²) >= 11 is 7.45. The van der Waals surface area contributed by atoms with Gasteiger partial charge in [0.05, 0.1) is 16.8 Å². The molecule has 0 aliphatic heterocycles. The van der Waals surface area contributed by atoms with Crippen LogP contribution in [0.5, 0.6) is 0 Å². The van der Waals surface area contributed by atoms with Crippen LogP contribution >= 0.6 is 22.9 Å². The number of rotatable bonds is 4. The van der Waals surface area contributed by atoms with E-state index >= 15 is 0 Å². The van der Waals surface area contributed by atoms with Crippen molar-refractivity contribution in [2.75, 3.05) is 6.54 Å². The molecule has 0 spiro atoms. The van der Waals surface area contributed by atoms with Crippen molar-refractivity contribution in [2.45, 2.75) is 26.8 Å². The van der Waals surface area contributed by atoms with Gasteiger partial charge in [0.15, 0.2) is 0 Å². The summed E-state index contributed by atoms with van der Waals surface area (Å²) in [6.45, 7) is 6.71. The molecule has 1 heterocycles. The van der Waals surface area contributed by atoms with Gasteiger partial charge >= 0.3 is 0 Å². The normalized spacial score (nSPS) is 12.7. The maximum Gasteiger partial charge on any atom is 0.146 e. The maximum atomic E-state index is 14.2. The van der Waals surface area contributed by atoms with Gasteiger partial charge in [-0.3, -0.25) is 0 Å². The fraction of sp³-hybridized carbons (Fsp3) is 0.357. The van der Waals surface area contributed by atoms with Crippen molar-refractivity contribution in [1.82, 2.24) is 10.3 Å². The minimum Gasteiger partial charge on any atom is -0.304 e. The van der Waals surface area contributed by atoms with E-state index in [9.17, 15) is 4.39 Å². The molecule has 0 fully saturated rings. The monoisotopic (exact) mass is 298 g/mol. The number of nitrogens with one attached hydrogen (secondary N) is 1. The van der Waals surface area contributed by atoms with E-state index in [1.165, 1.54) is 0 Å². The number of hydrogen-bond donors (Lipinski definition) is 1. The minimum absolute atomic E-state index is 0.144. The van der Waals surface area contributed by atoms with E-state index in [-0.39, 0.29) is 16.9 Å². The van der Waals surface area contributed by atoms with E-state index in [2.05, 4.69) is 10.3 Å². The Morgan fingerprint density at radius 1 is 1.42 bits per heavy atom. The molecule has 1 atom stereocenters. The Kier molecular flexibility index (Phi) is 4.55. The number of benzene rings is 1. The van der Waals surface area contributed by atoms with Gasteiger partial charge in [0.2, 0.25) is 0 Å². The fourth-order valence-corrected chi connectivity index (χ4v) is 3.10. The van der Waals surface area contributed by atoms with Crippen LogP contribution < -0.4 is 5.32 Å². The molecule has 2 nitrogen and oxygen atoms in total. The van der Waals surface area contributed by atoms with Crippen LogP contribution in [0.25, 0.3) is 0 Å². The van der Waals surface area contributed by atoms with Crippen molar-refractivity contribution in [3.63, 3.8) is 0 Å². The van der Waals surface area contributed by atoms with Gasteiger partial charge in [-0.1, -0.05) is 30.7 Å². The number of hydrogen-bond acceptors (Lipinski definition) is 3. The maximum absolute atomic E-state index is 14.2. The molecular formula is C14H16ClFN2S. The third-order valence-electron chi connectivity index (χ3n) is 2.99. The SMILES string of the molecule is CCNC(c1nc(C)c(C)s1)c1cccc(Cl)c1F. The quantitative estimate of drug-likeness (QED) is 0.912. The standard InChI is InChI=1S/C14H16ClFN2S/c1-4-17-13(14-18-8(2)9(3)19-14)10-6-5-7-11(15)12(10)16/h5-7,13,17H,4H2,1-3H3. The van der Waals surface area contributed by atoms with E-state index in [4.69, 9.17) is 11.6 Å². The van der Waals surface area contributed by atoms with Crippen molar-refractivity contribution >= 4 is 22.9 Å². The second-order valence-electron chi connectivity index (χ2n) is 4.33. The zero-order chi connectivity index (χ0) is 14.0. The zero-order valence-electron chi connectivity index (χ0n) is 11.1. The number of nitrogens with zero attached hydrogens (tertiary/aromatic N) is 1. The summed E-state index contributed by atoms with van der Waals surface area (Å²) in [5.74, 6) is -0.374. The predicted octanol–water partition coefficient (Wildman–Crippen LogP) is 4.25. The van der Waals surface area contributed by atoms with Crippen molar-refractivity contribution in [2.24, 2.45) is 0 Å². The van der Waals surface area contributed by atoms with E-state index in [1.807, 2.05) is 20.8 Å². The summed E-state index contributed by atoms with van der Waals surface area (Å²) in [7, 11) is 0. The Morgan fingerprint density at radius 2 is 2.16 bits per heavy atom. The first-order valence-electron chi connectivity index (χ1n) is 6.15. The summed E-state index contributed by atoms with van der Waals surface area (Å²) in [5.41, 5.74) is 1.54. The molecule has 0 aliphatic rings. The van der Waals surface area contributed by atoms with E-state index in [0.717, 1.165) is 22.1 Å². The molecule has 1 unspecified atom stereocenters. The smallest absolute Gasteiger partial charge is 0.146 e. The van der Waals surface area contributed by atoms with Crippen molar-refractivity contribution < 1.29 is 4.39 Å². The lowest BCUT2D eigenvalue weighted by Gasteiger charge is -2.17. The highest BCUT2D eigenvalue weighted by molar-refractivity contribution is 7.11. The summed E-state index contributed by atoms with van der Waals surface area (Å²) in [6.07, 6.45) is 0. The molecule has 1 N–H and O–H groups in total. The minimum atomic E-state index is -0.374. The van der Waals surface area contributed by atoms with E-state index < -0.39 is 0 Å². The Bertz CT molecular complexity index is 563. The van der Waals surface area contributed by atoms with Crippen LogP contribution in [-0.2, 0) is 0 Å². The first-order chi connectivity index (χ1) is 9.04. The van der Waals surface area contributed by atoms with E-state index in [1.54, 1.807) is 29.5 Å². The average molecular weight is 299 g/mol. The van der Waals surface area contributed by atoms with Crippen LogP contribution in [0.3, 0.4) is 0 Å². The Hall–Kier alpha value is -0.970. The summed E-state index contributed by atoms with van der Waals surface area (Å²) in [6, 6.07) is 4.82. The molecule has 102 valence electrons. The number of aromatic nitrogens is 1. The van der Waals surface area contributed by atoms with Crippen LogP contribution in [0.4, 0.5) is 4.39 Å². The fourth-order valence-electron chi connectivity index (χ4n) is 1.90. The molecule has 0 radical (unpaired) electrons. The van der Waals surface area contributed by atoms with Crippen LogP contribution in [-0.4, -0.2) is 11.5 Å². The Morgan fingerprint density at radius 3 is 2.74 bits per heavy atom. The van der Waals surface area contributed by atoms with Gasteiger partial charge in [0.25, 0.3) is 0 Å². The molecule has 19 heavy (non-hydrogen) atoms. The molecule has 0 bridgehead atoms. The number of aryl methyl sites for hydroxylation is 2. The highest BCUT2D eigenvalue weighted by Gasteiger charge is 2.22. The Balaban J connectivity index is 2.48. The van der Waals surface area contributed by atoms with Gasteiger partial charge in [0.1, 0.15) is 10.8 Å². The molecular weight excluding hydrogens is 283 g/mol. The second kappa shape index (κ2) is 5.99. The Labute approximate surface area is 121 Å². The van der Waals surface area contributed by atoms with Crippen LogP contribution in [0, 0.1) is 19.7 Å². The van der Waals surface area contributed by atoms with Gasteiger partial charge < -0.3 is 5.32 Å². The van der Waals surface area contributed by atoms with Crippen LogP contribution in [0.2, 0.25) is 5.02 Å². The zero-order valence-corrected chi connectivity index (χ0v) is 12.7. The molecule has 0 aliphatic carbocycles. The van der Waals surface area contributed by atoms with Gasteiger partial charge in [0, 0.05) is 10.4 Å². The lowest BCUT2D eigenvalue weighted by Crippen LogP contribution is -2.23. The van der Waals surface area contributed by atoms with Crippen molar-refractivity contribution in [1.29, 1.82) is 0 Å². The summed E-state index contributed by atoms with van der Waals surface area (Å²) < 4.78 is 14.2. The van der Waals surface area contributed by atoms with Crippen molar-refractivity contribution in [3.05, 3.63) is 50.2 Å². The van der Waals surface area contributed by atoms with Crippen LogP contribution in [0.15, 0.2) is 18.2 Å². The number of halogens is 2. The topological polar surface area (TPSA) is 24.9 Å². The molecule has 5 heteroatoms. The molecule has 0 saturated heterocycles. The predicted molar refractivity (Wildman–Crippen MR) is 78.5 cm³/mol. The lowest BCUT2D eigenvalue weighted by atomic mass is 10.1. The largest absolute Gasteiger partial charge is 0.304 e. The third-order valence-corrected chi connectivity index (χ3v) is 4.42. The second-order valence-corrected chi connectivity index (χ2v) is 5.97. The number of thiazole rings is 1. The first-order valence-corrected chi connectivity index (χ1v) is 7.35. The van der Waals surface area contributed by atoms with Gasteiger partial charge in [-0.15, -0.1) is 11.3 Å². The third kappa shape index (κ3) is 2.96. The van der Waals surface area contributed by atoms with Crippen molar-refractivity contribution in [3.8, 4) is 0 Å². The molecule has 0 amide bonds. The van der Waals surface area contributed by atoms with Gasteiger partial charge in [-0.25, -0.2) is 9.37 Å². The van der Waals surface area contributed by atoms with Gasteiger partial charge in [-0.2, -0.15) is 0 Å². The summed E-state index contributed by atoms with van der Waals surface area (Å²) in [5, 5.41) is 4.29. The highest BCUT2D eigenvalue weighted by Crippen LogP contribution is 2.31. The summed E-state index contributed by atoms with van der Waals surface area (Å²) in [4.78, 5) is 5.68.